The molecule has 0 bridgehead atoms. The van der Waals surface area contributed by atoms with Crippen LogP contribution >= 0.6 is 0 Å². The maximum Gasteiger partial charge on any atom is 0.246 e. The number of methoxy groups -OCH3 is 1. The number of hydrogen-bond donors (Lipinski definition) is 1. The molecular formula is C22H22FN7O. The Balaban J connectivity index is 1.42. The maximum absolute atomic E-state index is 13.3. The second-order valence-corrected chi connectivity index (χ2v) is 7.51. The van der Waals surface area contributed by atoms with Gasteiger partial charge >= 0.3 is 0 Å². The van der Waals surface area contributed by atoms with E-state index in [0.717, 1.165) is 42.1 Å². The minimum Gasteiger partial charge on any atom is -0.494 e. The van der Waals surface area contributed by atoms with Gasteiger partial charge in [-0.25, -0.2) is 18.7 Å². The molecule has 31 heavy (non-hydrogen) atoms. The van der Waals surface area contributed by atoms with Crippen LogP contribution in [0.25, 0.3) is 5.69 Å². The molecule has 158 valence electrons. The summed E-state index contributed by atoms with van der Waals surface area (Å²) < 4.78 is 22.5. The molecule has 0 saturated carbocycles. The predicted octanol–water partition coefficient (Wildman–Crippen LogP) is 3.98. The lowest BCUT2D eigenvalue weighted by atomic mass is 9.91. The van der Waals surface area contributed by atoms with Crippen molar-refractivity contribution in [3.8, 4) is 11.4 Å². The van der Waals surface area contributed by atoms with Crippen LogP contribution in [-0.4, -0.2) is 36.6 Å². The van der Waals surface area contributed by atoms with E-state index in [9.17, 15) is 4.39 Å². The maximum atomic E-state index is 13.3. The molecule has 3 heterocycles. The summed E-state index contributed by atoms with van der Waals surface area (Å²) in [4.78, 5) is 8.91. The van der Waals surface area contributed by atoms with Gasteiger partial charge in [-0.3, -0.25) is 0 Å². The summed E-state index contributed by atoms with van der Waals surface area (Å²) in [6, 6.07) is 12.4. The Morgan fingerprint density at radius 2 is 1.97 bits per heavy atom. The molecule has 0 amide bonds. The molecule has 1 aliphatic heterocycles. The van der Waals surface area contributed by atoms with E-state index < -0.39 is 0 Å². The molecule has 9 heteroatoms. The van der Waals surface area contributed by atoms with Crippen molar-refractivity contribution in [1.29, 1.82) is 0 Å². The van der Waals surface area contributed by atoms with E-state index in [1.807, 2.05) is 41.9 Å². The largest absolute Gasteiger partial charge is 0.494 e. The minimum atomic E-state index is -0.234. The summed E-state index contributed by atoms with van der Waals surface area (Å²) in [6.07, 6.45) is 3.61. The topological polar surface area (TPSA) is 82.7 Å². The fourth-order valence-electron chi connectivity index (χ4n) is 3.95. The molecule has 4 aromatic rings. The van der Waals surface area contributed by atoms with Crippen molar-refractivity contribution in [1.82, 2.24) is 29.5 Å². The number of nitrogens with one attached hydrogen (secondary N) is 1. The van der Waals surface area contributed by atoms with Crippen LogP contribution < -0.4 is 10.1 Å². The number of rotatable bonds is 5. The highest BCUT2D eigenvalue weighted by atomic mass is 19.1. The Morgan fingerprint density at radius 3 is 2.71 bits per heavy atom. The van der Waals surface area contributed by atoms with Gasteiger partial charge in [0.2, 0.25) is 5.95 Å². The Morgan fingerprint density at radius 1 is 1.13 bits per heavy atom. The number of benzene rings is 2. The van der Waals surface area contributed by atoms with Gasteiger partial charge in [0.05, 0.1) is 7.11 Å². The number of ether oxygens (including phenoxy) is 1. The quantitative estimate of drug-likeness (QED) is 0.527. The zero-order valence-electron chi connectivity index (χ0n) is 17.3. The smallest absolute Gasteiger partial charge is 0.246 e. The zero-order chi connectivity index (χ0) is 21.4. The van der Waals surface area contributed by atoms with Crippen molar-refractivity contribution in [2.24, 2.45) is 0 Å². The first-order valence-electron chi connectivity index (χ1n) is 10.1. The predicted molar refractivity (Wildman–Crippen MR) is 113 cm³/mol. The summed E-state index contributed by atoms with van der Waals surface area (Å²) in [7, 11) is 1.62. The first-order valence-corrected chi connectivity index (χ1v) is 10.1. The first kappa shape index (κ1) is 19.2. The second-order valence-electron chi connectivity index (χ2n) is 7.51. The van der Waals surface area contributed by atoms with E-state index >= 15 is 0 Å². The molecule has 1 aliphatic rings. The van der Waals surface area contributed by atoms with Gasteiger partial charge < -0.3 is 10.1 Å². The molecule has 1 atom stereocenters. The van der Waals surface area contributed by atoms with Crippen molar-refractivity contribution in [3.63, 3.8) is 0 Å². The molecule has 1 N–H and O–H groups in total. The number of anilines is 2. The summed E-state index contributed by atoms with van der Waals surface area (Å²) >= 11 is 0. The van der Waals surface area contributed by atoms with Crippen LogP contribution in [-0.2, 0) is 6.54 Å². The molecule has 0 fully saturated rings. The van der Waals surface area contributed by atoms with E-state index in [4.69, 9.17) is 9.72 Å². The van der Waals surface area contributed by atoms with Gasteiger partial charge in [0.15, 0.2) is 0 Å². The number of halogens is 1. The first-order chi connectivity index (χ1) is 15.1. The van der Waals surface area contributed by atoms with Crippen molar-refractivity contribution in [2.75, 3.05) is 12.4 Å². The van der Waals surface area contributed by atoms with E-state index in [1.54, 1.807) is 18.1 Å². The molecule has 2 aromatic heterocycles. The summed E-state index contributed by atoms with van der Waals surface area (Å²) in [6.45, 7) is 2.65. The molecule has 0 aliphatic carbocycles. The molecule has 0 saturated heterocycles. The standard InChI is InChI=1S/C22H22FN7O/c1-14-24-13-30(27-14)19-10-9-17(12-20(19)31-2)25-22-26-21-18(4-3-11-29(21)28-22)15-5-7-16(23)8-6-15/h5-10,12-13,18H,3-4,11H2,1-2H3,(H,25,28). The molecule has 8 nitrogen and oxygen atoms in total. The van der Waals surface area contributed by atoms with Crippen LogP contribution in [0.5, 0.6) is 5.75 Å². The Labute approximate surface area is 178 Å². The zero-order valence-corrected chi connectivity index (χ0v) is 17.3. The number of nitrogens with zero attached hydrogens (tertiary/aromatic N) is 6. The van der Waals surface area contributed by atoms with E-state index in [2.05, 4.69) is 20.5 Å². The lowest BCUT2D eigenvalue weighted by Crippen LogP contribution is -2.17. The van der Waals surface area contributed by atoms with Gasteiger partial charge in [0.25, 0.3) is 0 Å². The third kappa shape index (κ3) is 3.74. The molecular weight excluding hydrogens is 397 g/mol. The van der Waals surface area contributed by atoms with Crippen molar-refractivity contribution in [3.05, 3.63) is 71.8 Å². The second kappa shape index (κ2) is 7.82. The fourth-order valence-corrected chi connectivity index (χ4v) is 3.95. The van der Waals surface area contributed by atoms with E-state index in [1.165, 1.54) is 12.1 Å². The fraction of sp³-hybridized carbons (Fsp3) is 0.273. The van der Waals surface area contributed by atoms with Gasteiger partial charge in [0.1, 0.15) is 35.2 Å². The number of fused-ring (bicyclic) bond motifs is 1. The Bertz CT molecular complexity index is 1220. The molecule has 5 rings (SSSR count). The Kier molecular flexibility index (Phi) is 4.85. The van der Waals surface area contributed by atoms with Crippen molar-refractivity contribution < 1.29 is 9.13 Å². The molecule has 1 unspecified atom stereocenters. The molecule has 2 aromatic carbocycles. The highest BCUT2D eigenvalue weighted by Crippen LogP contribution is 2.33. The summed E-state index contributed by atoms with van der Waals surface area (Å²) in [5.41, 5.74) is 2.65. The lowest BCUT2D eigenvalue weighted by Gasteiger charge is -2.22. The number of aromatic nitrogens is 6. The average molecular weight is 419 g/mol. The van der Waals surface area contributed by atoms with Gasteiger partial charge in [-0.15, -0.1) is 5.10 Å². The van der Waals surface area contributed by atoms with Gasteiger partial charge in [0, 0.05) is 24.2 Å². The van der Waals surface area contributed by atoms with Gasteiger partial charge in [-0.05, 0) is 49.6 Å². The monoisotopic (exact) mass is 419 g/mol. The SMILES string of the molecule is COc1cc(Nc2nc3n(n2)CCCC3c2ccc(F)cc2)ccc1-n1cnc(C)n1. The number of aryl methyl sites for hydroxylation is 2. The van der Waals surface area contributed by atoms with Crippen molar-refractivity contribution >= 4 is 11.6 Å². The highest BCUT2D eigenvalue weighted by molar-refractivity contribution is 5.61. The van der Waals surface area contributed by atoms with E-state index in [-0.39, 0.29) is 11.7 Å². The van der Waals surface area contributed by atoms with E-state index in [0.29, 0.717) is 17.5 Å². The Hall–Kier alpha value is -3.75. The third-order valence-corrected chi connectivity index (χ3v) is 5.44. The van der Waals surface area contributed by atoms with Crippen LogP contribution in [0.3, 0.4) is 0 Å². The number of hydrogen-bond acceptors (Lipinski definition) is 6. The molecule has 0 radical (unpaired) electrons. The van der Waals surface area contributed by atoms with Crippen LogP contribution in [0, 0.1) is 12.7 Å². The summed E-state index contributed by atoms with van der Waals surface area (Å²) in [5.74, 6) is 2.62. The van der Waals surface area contributed by atoms with Crippen LogP contribution in [0.15, 0.2) is 48.8 Å². The molecule has 0 spiro atoms. The normalized spacial score (nSPS) is 15.5. The average Bonchev–Trinajstić information content (AvgIpc) is 3.39. The van der Waals surface area contributed by atoms with Gasteiger partial charge in [-0.2, -0.15) is 10.1 Å². The van der Waals surface area contributed by atoms with Crippen LogP contribution in [0.1, 0.15) is 36.0 Å². The van der Waals surface area contributed by atoms with Crippen LogP contribution in [0.4, 0.5) is 16.0 Å². The highest BCUT2D eigenvalue weighted by Gasteiger charge is 2.26. The van der Waals surface area contributed by atoms with Gasteiger partial charge in [-0.1, -0.05) is 12.1 Å². The lowest BCUT2D eigenvalue weighted by molar-refractivity contribution is 0.412. The third-order valence-electron chi connectivity index (χ3n) is 5.44. The van der Waals surface area contributed by atoms with Crippen molar-refractivity contribution in [2.45, 2.75) is 32.2 Å². The van der Waals surface area contributed by atoms with Crippen LogP contribution in [0.2, 0.25) is 0 Å². The minimum absolute atomic E-state index is 0.102. The summed E-state index contributed by atoms with van der Waals surface area (Å²) in [5, 5.41) is 12.2.